The van der Waals surface area contributed by atoms with Crippen molar-refractivity contribution in [3.8, 4) is 0 Å². The Kier molecular flexibility index (Phi) is 30.8. The monoisotopic (exact) mass is 1410 g/mol. The van der Waals surface area contributed by atoms with Crippen molar-refractivity contribution in [1.82, 2.24) is 63.8 Å². The Labute approximate surface area is 565 Å². The first-order valence-corrected chi connectivity index (χ1v) is 32.2. The van der Waals surface area contributed by atoms with E-state index in [-0.39, 0.29) is 108 Å². The van der Waals surface area contributed by atoms with E-state index in [9.17, 15) is 108 Å². The summed E-state index contributed by atoms with van der Waals surface area (Å²) in [7, 11) is 0. The van der Waals surface area contributed by atoms with Crippen LogP contribution in [0.2, 0.25) is 0 Å². The summed E-state index contributed by atoms with van der Waals surface area (Å²) in [6.07, 6.45) is -3.00. The summed E-state index contributed by atoms with van der Waals surface area (Å²) in [6.45, 7) is -0.669. The van der Waals surface area contributed by atoms with Gasteiger partial charge in [0.2, 0.25) is 47.3 Å². The molecule has 2 aliphatic heterocycles. The Bertz CT molecular complexity index is 3270. The Balaban J connectivity index is 1.12. The summed E-state index contributed by atoms with van der Waals surface area (Å²) >= 11 is 1.96. The number of unbranched alkanes of at least 4 members (excludes halogenated alkanes) is 2. The molecule has 38 nitrogen and oxygen atoms in total. The van der Waals surface area contributed by atoms with Crippen molar-refractivity contribution < 1.29 is 97.4 Å². The molecule has 0 saturated heterocycles. The summed E-state index contributed by atoms with van der Waals surface area (Å²) in [5.74, 6) is -12.2. The summed E-state index contributed by atoms with van der Waals surface area (Å²) < 4.78 is 0. The van der Waals surface area contributed by atoms with Crippen LogP contribution in [0.5, 0.6) is 0 Å². The van der Waals surface area contributed by atoms with Crippen LogP contribution in [0, 0.1) is 20.2 Å². The van der Waals surface area contributed by atoms with Crippen molar-refractivity contribution in [3.05, 3.63) is 92.0 Å². The lowest BCUT2D eigenvalue weighted by Crippen LogP contribution is -2.59. The second-order valence-corrected chi connectivity index (χ2v) is 24.2. The highest BCUT2D eigenvalue weighted by atomic mass is 32.2. The number of carbonyl (C=O) groups excluding carboxylic acids is 12. The molecule has 14 amide bonds. The number of aliphatic hydroxyl groups excluding tert-OH is 2. The molecule has 0 saturated carbocycles. The highest BCUT2D eigenvalue weighted by Crippen LogP contribution is 2.30. The number of thioether (sulfide) groups is 2. The largest absolute Gasteiger partial charge is 0.480 e. The van der Waals surface area contributed by atoms with Crippen LogP contribution in [0.3, 0.4) is 0 Å². The number of carbonyl (C=O) groups is 14. The number of anilines is 2. The first kappa shape index (κ1) is 78.0. The van der Waals surface area contributed by atoms with E-state index in [2.05, 4.69) is 74.4 Å². The van der Waals surface area contributed by atoms with Crippen molar-refractivity contribution in [1.29, 1.82) is 0 Å². The molecule has 98 heavy (non-hydrogen) atoms. The molecular formula is C58H74N16O22S2. The molecule has 2 unspecified atom stereocenters. The maximum absolute atomic E-state index is 13.9. The standard InChI is InChI=1S/C58H74N16O22S2/c1-29(75)47-55(89)69-39(17-21-97-41-15-13-33(73(93)94)23-35(41)49(83)61-25-43(77)71-47)53(87)67-37(51(85)63-27-45(79)80)7-3-5-19-59-57(91)65-31-9-11-32(12-10-31)66-58(92)60-20-6-4-8-38(52(86)64-28-46(81)82)68-54(88)40-18-22-98-42-16-14-34(74(95)96)24-36(42)50(84)62-26-44(78)72-48(30(2)76)56(90)70-40/h9-16,23-24,29-30,37-40,47-48,75-76H,3-8,17-22,25-28H2,1-2H3,(H,61,83)(H,62,84)(H,63,85)(H,64,86)(H,67,87)(H,68,88)(H,69,89)(H,70,90)(H,71,77)(H,72,78)(H,79,80)(H,81,82)(H2,59,65,91)(H2,60,66,92)/t29?,30?,37-,38-,39-,40-,47-,48-/m0/s1. The van der Waals surface area contributed by atoms with Crippen LogP contribution >= 0.6 is 23.5 Å². The van der Waals surface area contributed by atoms with Crippen LogP contribution in [0.15, 0.2) is 70.5 Å². The molecule has 0 bridgehead atoms. The van der Waals surface area contributed by atoms with E-state index in [0.29, 0.717) is 0 Å². The molecule has 2 heterocycles. The average Bonchev–Trinajstić information content (AvgIpc) is 0.845. The van der Waals surface area contributed by atoms with Crippen molar-refractivity contribution in [2.75, 3.05) is 61.4 Å². The number of hydrogen-bond donors (Lipinski definition) is 18. The number of benzene rings is 3. The maximum Gasteiger partial charge on any atom is 0.322 e. The number of hydrogen-bond acceptors (Lipinski definition) is 22. The highest BCUT2D eigenvalue weighted by Gasteiger charge is 2.35. The number of non-ortho nitro benzene ring substituents is 2. The van der Waals surface area contributed by atoms with Crippen LogP contribution in [-0.2, 0) is 47.9 Å². The van der Waals surface area contributed by atoms with Gasteiger partial charge >= 0.3 is 24.0 Å². The van der Waals surface area contributed by atoms with Crippen LogP contribution in [0.1, 0.15) is 85.9 Å². The summed E-state index contributed by atoms with van der Waals surface area (Å²) in [6, 6.07) is 2.36. The molecule has 0 spiro atoms. The van der Waals surface area contributed by atoms with Gasteiger partial charge in [0.05, 0.1) is 46.3 Å². The summed E-state index contributed by atoms with van der Waals surface area (Å²) in [5.41, 5.74) is -0.611. The second kappa shape index (κ2) is 38.7. The van der Waals surface area contributed by atoms with Crippen molar-refractivity contribution in [3.63, 3.8) is 0 Å². The second-order valence-electron chi connectivity index (χ2n) is 21.9. The van der Waals surface area contributed by atoms with E-state index in [4.69, 9.17) is 0 Å². The van der Waals surface area contributed by atoms with Gasteiger partial charge in [-0.15, -0.1) is 23.5 Å². The minimum Gasteiger partial charge on any atom is -0.480 e. The number of urea groups is 2. The fraction of sp³-hybridized carbons (Fsp3) is 0.448. The SMILES string of the molecule is CC(O)[C@@H]1NC(=O)CNC(=O)c2cc([N+](=O)[O-])ccc2SCC[C@@H](C(=O)N[C@@H](CCCCNC(=O)Nc2ccc(NC(=O)NCCCC[C@H](NC(=O)[C@@H]3CCSc4ccc([N+](=O)[O-])cc4C(=O)NCC(=O)N[C@@H](C(C)O)C(=O)N3)C(=O)NCC(=O)O)cc2)C(=O)NCC(=O)O)NC1=O. The molecular weight excluding hydrogens is 1340 g/mol. The molecule has 0 aromatic heterocycles. The third kappa shape index (κ3) is 25.8. The van der Waals surface area contributed by atoms with E-state index in [0.717, 1.165) is 47.8 Å². The third-order valence-corrected chi connectivity index (χ3v) is 16.5. The van der Waals surface area contributed by atoms with Gasteiger partial charge in [-0.2, -0.15) is 0 Å². The van der Waals surface area contributed by atoms with Gasteiger partial charge in [-0.25, -0.2) is 9.59 Å². The van der Waals surface area contributed by atoms with Crippen LogP contribution in [-0.4, -0.2) is 213 Å². The minimum atomic E-state index is -1.65. The Morgan fingerprint density at radius 3 is 1.24 bits per heavy atom. The van der Waals surface area contributed by atoms with E-state index in [1.165, 1.54) is 50.2 Å². The zero-order valence-electron chi connectivity index (χ0n) is 52.6. The van der Waals surface area contributed by atoms with E-state index in [1.54, 1.807) is 0 Å². The summed E-state index contributed by atoms with van der Waals surface area (Å²) in [5, 5.41) is 96.3. The number of amides is 14. The lowest BCUT2D eigenvalue weighted by atomic mass is 10.1. The lowest BCUT2D eigenvalue weighted by molar-refractivity contribution is -0.385. The van der Waals surface area contributed by atoms with E-state index in [1.807, 2.05) is 0 Å². The molecule has 0 aliphatic carbocycles. The minimum absolute atomic E-state index is 0.0164. The zero-order valence-corrected chi connectivity index (χ0v) is 54.2. The van der Waals surface area contributed by atoms with Crippen LogP contribution < -0.4 is 74.4 Å². The maximum atomic E-state index is 13.9. The summed E-state index contributed by atoms with van der Waals surface area (Å²) in [4.78, 5) is 204. The number of aliphatic carboxylic acids is 2. The number of nitrogens with zero attached hydrogens (tertiary/aromatic N) is 2. The number of fused-ring (bicyclic) bond motifs is 2. The average molecular weight is 1410 g/mol. The molecule has 530 valence electrons. The number of nitro benzene ring substituents is 2. The molecule has 2 aliphatic rings. The van der Waals surface area contributed by atoms with Crippen molar-refractivity contribution in [2.45, 2.75) is 123 Å². The quantitative estimate of drug-likeness (QED) is 0.0235. The third-order valence-electron chi connectivity index (χ3n) is 14.3. The topological polar surface area (TPSA) is 575 Å². The lowest BCUT2D eigenvalue weighted by Gasteiger charge is -2.26. The molecule has 18 N–H and O–H groups in total. The Hall–Kier alpha value is -10.7. The number of nitrogens with one attached hydrogen (secondary N) is 14. The predicted molar refractivity (Wildman–Crippen MR) is 346 cm³/mol. The van der Waals surface area contributed by atoms with E-state index < -0.39 is 179 Å². The fourth-order valence-electron chi connectivity index (χ4n) is 9.27. The predicted octanol–water partition coefficient (Wildman–Crippen LogP) is -1.99. The fourth-order valence-corrected chi connectivity index (χ4v) is 11.4. The Morgan fingerprint density at radius 2 is 0.908 bits per heavy atom. The molecule has 5 rings (SSSR count). The van der Waals surface area contributed by atoms with Crippen LogP contribution in [0.25, 0.3) is 0 Å². The normalized spacial score (nSPS) is 18.3. The zero-order chi connectivity index (χ0) is 72.2. The Morgan fingerprint density at radius 1 is 0.541 bits per heavy atom. The van der Waals surface area contributed by atoms with Crippen molar-refractivity contribution >= 4 is 129 Å². The number of rotatable bonds is 26. The van der Waals surface area contributed by atoms with Gasteiger partial charge in [0.15, 0.2) is 0 Å². The molecule has 8 atom stereocenters. The number of aliphatic hydroxyl groups is 2. The van der Waals surface area contributed by atoms with Gasteiger partial charge in [-0.1, -0.05) is 0 Å². The molecule has 0 radical (unpaired) electrons. The first-order chi connectivity index (χ1) is 46.5. The van der Waals surface area contributed by atoms with Gasteiger partial charge < -0.3 is 94.9 Å². The van der Waals surface area contributed by atoms with Gasteiger partial charge in [-0.3, -0.25) is 77.8 Å². The first-order valence-electron chi connectivity index (χ1n) is 30.2. The molecule has 3 aromatic carbocycles. The molecule has 0 fully saturated rings. The number of carboxylic acid groups (broad SMARTS) is 2. The molecule has 40 heteroatoms. The van der Waals surface area contributed by atoms with Gasteiger partial charge in [0.25, 0.3) is 23.2 Å². The smallest absolute Gasteiger partial charge is 0.322 e. The highest BCUT2D eigenvalue weighted by molar-refractivity contribution is 7.99. The van der Waals surface area contributed by atoms with Crippen molar-refractivity contribution in [2.24, 2.45) is 0 Å². The van der Waals surface area contributed by atoms with Gasteiger partial charge in [-0.05, 0) is 102 Å². The number of nitro groups is 2. The number of carboxylic acids is 2. The van der Waals surface area contributed by atoms with Gasteiger partial charge in [0, 0.05) is 70.0 Å². The molecule has 3 aromatic rings. The van der Waals surface area contributed by atoms with Gasteiger partial charge in [0.1, 0.15) is 49.3 Å². The van der Waals surface area contributed by atoms with E-state index >= 15 is 0 Å². The van der Waals surface area contributed by atoms with Crippen LogP contribution in [0.4, 0.5) is 32.3 Å².